The fraction of sp³-hybridized carbons (Fsp3) is 0.261. The van der Waals surface area contributed by atoms with Gasteiger partial charge in [-0.3, -0.25) is 19.1 Å². The summed E-state index contributed by atoms with van der Waals surface area (Å²) in [6.45, 7) is 4.37. The van der Waals surface area contributed by atoms with E-state index in [4.69, 9.17) is 5.73 Å². The lowest BCUT2D eigenvalue weighted by Crippen LogP contribution is -2.40. The van der Waals surface area contributed by atoms with Gasteiger partial charge in [0.25, 0.3) is 11.5 Å². The lowest BCUT2D eigenvalue weighted by Gasteiger charge is -2.21. The van der Waals surface area contributed by atoms with Crippen molar-refractivity contribution < 1.29 is 4.79 Å². The Balaban J connectivity index is 1.86. The third-order valence-electron chi connectivity index (χ3n) is 4.88. The number of rotatable bonds is 8. The zero-order valence-corrected chi connectivity index (χ0v) is 18.4. The minimum absolute atomic E-state index is 0.00371. The molecule has 3 aromatic rings. The predicted octanol–water partition coefficient (Wildman–Crippen LogP) is 3.71. The minimum atomic E-state index is -0.665. The van der Waals surface area contributed by atoms with Crippen molar-refractivity contribution in [3.05, 3.63) is 74.3 Å². The van der Waals surface area contributed by atoms with Crippen molar-refractivity contribution in [2.45, 2.75) is 33.2 Å². The van der Waals surface area contributed by atoms with Crippen molar-refractivity contribution in [3.63, 3.8) is 0 Å². The molecule has 2 heterocycles. The summed E-state index contributed by atoms with van der Waals surface area (Å²) in [4.78, 5) is 43.1. The first kappa shape index (κ1) is 22.3. The highest BCUT2D eigenvalue weighted by Gasteiger charge is 2.21. The molecule has 0 aliphatic carbocycles. The van der Waals surface area contributed by atoms with E-state index in [2.05, 4.69) is 4.98 Å². The van der Waals surface area contributed by atoms with Crippen molar-refractivity contribution in [2.75, 3.05) is 17.2 Å². The number of hydrogen-bond acceptors (Lipinski definition) is 5. The second kappa shape index (κ2) is 10.1. The maximum absolute atomic E-state index is 12.9. The molecule has 3 rings (SSSR count). The number of aromatic nitrogens is 2. The third-order valence-corrected chi connectivity index (χ3v) is 5.98. The van der Waals surface area contributed by atoms with Crippen LogP contribution >= 0.6 is 11.3 Å². The molecule has 31 heavy (non-hydrogen) atoms. The van der Waals surface area contributed by atoms with Gasteiger partial charge in [-0.05, 0) is 37.1 Å². The Hall–Kier alpha value is -3.39. The van der Waals surface area contributed by atoms with E-state index < -0.39 is 11.2 Å². The Morgan fingerprint density at radius 3 is 2.58 bits per heavy atom. The number of hydrogen-bond donors (Lipinski definition) is 2. The molecule has 3 N–H and O–H groups in total. The number of thiophene rings is 1. The van der Waals surface area contributed by atoms with E-state index in [0.29, 0.717) is 6.54 Å². The molecule has 1 aromatic carbocycles. The van der Waals surface area contributed by atoms with Gasteiger partial charge in [0.2, 0.25) is 0 Å². The highest BCUT2D eigenvalue weighted by Crippen LogP contribution is 2.28. The summed E-state index contributed by atoms with van der Waals surface area (Å²) >= 11 is 1.57. The Labute approximate surface area is 184 Å². The Morgan fingerprint density at radius 1 is 1.16 bits per heavy atom. The van der Waals surface area contributed by atoms with Gasteiger partial charge in [0.15, 0.2) is 5.69 Å². The molecule has 0 unspecified atom stereocenters. The van der Waals surface area contributed by atoms with E-state index in [1.165, 1.54) is 15.5 Å². The lowest BCUT2D eigenvalue weighted by molar-refractivity contribution is -0.114. The first-order valence-electron chi connectivity index (χ1n) is 10.2. The van der Waals surface area contributed by atoms with E-state index in [-0.39, 0.29) is 24.0 Å². The molecule has 162 valence electrons. The van der Waals surface area contributed by atoms with E-state index >= 15 is 0 Å². The zero-order chi connectivity index (χ0) is 22.4. The third kappa shape index (κ3) is 5.03. The van der Waals surface area contributed by atoms with E-state index in [1.54, 1.807) is 24.3 Å². The molecule has 0 aliphatic rings. The average molecular weight is 439 g/mol. The van der Waals surface area contributed by atoms with Crippen LogP contribution in [0.2, 0.25) is 0 Å². The van der Waals surface area contributed by atoms with E-state index in [1.807, 2.05) is 49.4 Å². The number of carbonyl (C=O) groups is 1. The van der Waals surface area contributed by atoms with Gasteiger partial charge < -0.3 is 10.6 Å². The van der Waals surface area contributed by atoms with Gasteiger partial charge in [0, 0.05) is 28.9 Å². The maximum atomic E-state index is 12.9. The molecule has 7 nitrogen and oxygen atoms in total. The Morgan fingerprint density at radius 2 is 1.90 bits per heavy atom. The molecule has 2 aromatic heterocycles. The fourth-order valence-corrected chi connectivity index (χ4v) is 4.16. The van der Waals surface area contributed by atoms with Crippen LogP contribution in [0.25, 0.3) is 16.5 Å². The van der Waals surface area contributed by atoms with Gasteiger partial charge in [-0.25, -0.2) is 4.79 Å². The van der Waals surface area contributed by atoms with Gasteiger partial charge in [-0.15, -0.1) is 11.3 Å². The van der Waals surface area contributed by atoms with Gasteiger partial charge in [0.1, 0.15) is 5.82 Å². The van der Waals surface area contributed by atoms with Crippen LogP contribution in [-0.4, -0.2) is 22.0 Å². The number of likely N-dealkylation sites (N-methyl/N-ethyl adjacent to an activating group) is 1. The van der Waals surface area contributed by atoms with Crippen LogP contribution < -0.4 is 21.9 Å². The van der Waals surface area contributed by atoms with Crippen LogP contribution in [0, 0.1) is 0 Å². The van der Waals surface area contributed by atoms with Crippen molar-refractivity contribution in [1.82, 2.24) is 9.55 Å². The van der Waals surface area contributed by atoms with Crippen molar-refractivity contribution in [3.8, 4) is 10.4 Å². The minimum Gasteiger partial charge on any atom is -0.383 e. The molecule has 0 saturated carbocycles. The van der Waals surface area contributed by atoms with Gasteiger partial charge in [0.05, 0.1) is 0 Å². The normalized spacial score (nSPS) is 11.2. The molecule has 0 radical (unpaired) electrons. The van der Waals surface area contributed by atoms with Crippen LogP contribution in [0.5, 0.6) is 0 Å². The molecule has 0 saturated heterocycles. The van der Waals surface area contributed by atoms with Crippen LogP contribution in [0.15, 0.2) is 58.1 Å². The first-order valence-corrected chi connectivity index (χ1v) is 11.0. The molecule has 0 spiro atoms. The molecular formula is C23H26N4O3S. The molecular weight excluding hydrogens is 412 g/mol. The highest BCUT2D eigenvalue weighted by atomic mass is 32.1. The quantitative estimate of drug-likeness (QED) is 0.524. The summed E-state index contributed by atoms with van der Waals surface area (Å²) in [5, 5.41) is 0. The number of nitrogen functional groups attached to an aromatic ring is 1. The second-order valence-electron chi connectivity index (χ2n) is 6.98. The first-order chi connectivity index (χ1) is 15.0. The topological polar surface area (TPSA) is 101 Å². The summed E-state index contributed by atoms with van der Waals surface area (Å²) < 4.78 is 1.31. The number of benzene rings is 1. The Kier molecular flexibility index (Phi) is 7.25. The SMILES string of the molecule is CCCCn1c(N)c(N(CC)C(=O)/C=C/c2ccc(-c3ccccc3)s2)c(=O)[nH]c1=O. The highest BCUT2D eigenvalue weighted by molar-refractivity contribution is 7.16. The summed E-state index contributed by atoms with van der Waals surface area (Å²) in [6.07, 6.45) is 4.74. The Bertz CT molecular complexity index is 1190. The summed E-state index contributed by atoms with van der Waals surface area (Å²) in [5.74, 6) is -0.372. The number of unbranched alkanes of at least 4 members (excludes halogenated alkanes) is 1. The second-order valence-corrected chi connectivity index (χ2v) is 8.10. The van der Waals surface area contributed by atoms with Crippen LogP contribution in [0.4, 0.5) is 11.5 Å². The van der Waals surface area contributed by atoms with Crippen molar-refractivity contribution >= 4 is 34.8 Å². The number of nitrogens with one attached hydrogen (secondary N) is 1. The number of anilines is 2. The molecule has 0 aliphatic heterocycles. The lowest BCUT2D eigenvalue weighted by atomic mass is 10.2. The summed E-state index contributed by atoms with van der Waals surface area (Å²) in [5.41, 5.74) is 6.03. The number of amides is 1. The maximum Gasteiger partial charge on any atom is 0.330 e. The predicted molar refractivity (Wildman–Crippen MR) is 127 cm³/mol. The monoisotopic (exact) mass is 438 g/mol. The number of nitrogens with two attached hydrogens (primary N) is 1. The summed E-state index contributed by atoms with van der Waals surface area (Å²) in [6, 6.07) is 13.9. The van der Waals surface area contributed by atoms with Crippen LogP contribution in [0.1, 0.15) is 31.6 Å². The number of aromatic amines is 1. The van der Waals surface area contributed by atoms with Gasteiger partial charge in [-0.2, -0.15) is 0 Å². The van der Waals surface area contributed by atoms with Crippen LogP contribution in [-0.2, 0) is 11.3 Å². The van der Waals surface area contributed by atoms with E-state index in [9.17, 15) is 14.4 Å². The molecule has 0 atom stereocenters. The number of nitrogens with zero attached hydrogens (tertiary/aromatic N) is 2. The van der Waals surface area contributed by atoms with Gasteiger partial charge >= 0.3 is 5.69 Å². The molecule has 8 heteroatoms. The number of carbonyl (C=O) groups excluding carboxylic acids is 1. The summed E-state index contributed by atoms with van der Waals surface area (Å²) in [7, 11) is 0. The van der Waals surface area contributed by atoms with Crippen molar-refractivity contribution in [2.24, 2.45) is 0 Å². The number of H-pyrrole nitrogens is 1. The zero-order valence-electron chi connectivity index (χ0n) is 17.6. The standard InChI is InChI=1S/C23H26N4O3S/c1-3-5-15-27-21(24)20(22(29)25-23(27)30)26(4-2)19(28)14-12-17-11-13-18(31-17)16-9-7-6-8-10-16/h6-14H,3-5,15,24H2,1-2H3,(H,25,29,30)/b14-12+. The van der Waals surface area contributed by atoms with Gasteiger partial charge in [-0.1, -0.05) is 43.7 Å². The fourth-order valence-electron chi connectivity index (χ4n) is 3.24. The molecule has 0 bridgehead atoms. The smallest absolute Gasteiger partial charge is 0.330 e. The molecule has 0 fully saturated rings. The largest absolute Gasteiger partial charge is 0.383 e. The molecule has 1 amide bonds. The van der Waals surface area contributed by atoms with E-state index in [0.717, 1.165) is 28.2 Å². The van der Waals surface area contributed by atoms with Crippen LogP contribution in [0.3, 0.4) is 0 Å². The average Bonchev–Trinajstić information content (AvgIpc) is 3.24. The van der Waals surface area contributed by atoms with Crippen molar-refractivity contribution in [1.29, 1.82) is 0 Å².